The average Bonchev–Trinajstić information content (AvgIpc) is 3.34. The van der Waals surface area contributed by atoms with Crippen molar-refractivity contribution < 1.29 is 9.21 Å². The molecule has 0 spiro atoms. The van der Waals surface area contributed by atoms with E-state index in [0.29, 0.717) is 28.1 Å². The molecule has 0 fully saturated rings. The van der Waals surface area contributed by atoms with Gasteiger partial charge in [0.1, 0.15) is 11.5 Å². The zero-order valence-electron chi connectivity index (χ0n) is 16.9. The van der Waals surface area contributed by atoms with Crippen molar-refractivity contribution >= 4 is 21.8 Å². The van der Waals surface area contributed by atoms with Crippen molar-refractivity contribution in [3.05, 3.63) is 99.7 Å². The summed E-state index contributed by atoms with van der Waals surface area (Å²) in [5, 5.41) is 7.27. The Morgan fingerprint density at radius 1 is 1.07 bits per heavy atom. The number of nitrogens with zero attached hydrogens (tertiary/aromatic N) is 2. The van der Waals surface area contributed by atoms with Crippen LogP contribution < -0.4 is 5.32 Å². The van der Waals surface area contributed by atoms with Gasteiger partial charge in [-0.05, 0) is 58.1 Å². The van der Waals surface area contributed by atoms with E-state index >= 15 is 0 Å². The van der Waals surface area contributed by atoms with Gasteiger partial charge in [0.2, 0.25) is 0 Å². The molecule has 0 aliphatic heterocycles. The highest BCUT2D eigenvalue weighted by molar-refractivity contribution is 9.10. The number of benzene rings is 2. The summed E-state index contributed by atoms with van der Waals surface area (Å²) in [5.41, 5.74) is 5.00. The van der Waals surface area contributed by atoms with Crippen LogP contribution in [-0.4, -0.2) is 15.7 Å². The molecule has 0 atom stereocenters. The SMILES string of the molecule is Cc1oc(C)c(C(=O)NCc2ccccc2-c2ccc(Cn3cccn3)cc2)c1Br. The second-order valence-corrected chi connectivity index (χ2v) is 7.94. The van der Waals surface area contributed by atoms with Crippen LogP contribution in [0.4, 0.5) is 0 Å². The lowest BCUT2D eigenvalue weighted by atomic mass is 9.98. The smallest absolute Gasteiger partial charge is 0.256 e. The first-order valence-corrected chi connectivity index (χ1v) is 10.5. The quantitative estimate of drug-likeness (QED) is 0.410. The van der Waals surface area contributed by atoms with Crippen molar-refractivity contribution in [1.82, 2.24) is 15.1 Å². The molecule has 2 heterocycles. The molecule has 30 heavy (non-hydrogen) atoms. The van der Waals surface area contributed by atoms with E-state index in [9.17, 15) is 4.79 Å². The third kappa shape index (κ3) is 4.24. The Morgan fingerprint density at radius 3 is 2.50 bits per heavy atom. The van der Waals surface area contributed by atoms with Crippen LogP contribution >= 0.6 is 15.9 Å². The Kier molecular flexibility index (Phi) is 5.86. The molecule has 0 aliphatic rings. The van der Waals surface area contributed by atoms with E-state index in [-0.39, 0.29) is 5.91 Å². The van der Waals surface area contributed by atoms with Gasteiger partial charge in [-0.25, -0.2) is 0 Å². The first kappa shape index (κ1) is 20.2. The van der Waals surface area contributed by atoms with Crippen molar-refractivity contribution in [2.75, 3.05) is 0 Å². The average molecular weight is 464 g/mol. The maximum absolute atomic E-state index is 12.7. The van der Waals surface area contributed by atoms with Gasteiger partial charge in [0.05, 0.1) is 16.6 Å². The number of carbonyl (C=O) groups is 1. The molecule has 1 amide bonds. The minimum Gasteiger partial charge on any atom is -0.465 e. The van der Waals surface area contributed by atoms with Crippen molar-refractivity contribution in [1.29, 1.82) is 0 Å². The number of hydrogen-bond acceptors (Lipinski definition) is 3. The first-order valence-electron chi connectivity index (χ1n) is 9.71. The summed E-state index contributed by atoms with van der Waals surface area (Å²) in [4.78, 5) is 12.7. The summed E-state index contributed by atoms with van der Waals surface area (Å²) in [7, 11) is 0. The molecule has 0 unspecified atom stereocenters. The van der Waals surface area contributed by atoms with Gasteiger partial charge in [0, 0.05) is 18.9 Å². The van der Waals surface area contributed by atoms with Gasteiger partial charge >= 0.3 is 0 Å². The first-order chi connectivity index (χ1) is 14.5. The van der Waals surface area contributed by atoms with E-state index < -0.39 is 0 Å². The fourth-order valence-electron chi connectivity index (χ4n) is 3.51. The van der Waals surface area contributed by atoms with E-state index in [0.717, 1.165) is 23.2 Å². The Labute approximate surface area is 183 Å². The molecule has 1 N–H and O–H groups in total. The molecule has 4 aromatic rings. The zero-order chi connectivity index (χ0) is 21.1. The number of carbonyl (C=O) groups excluding carboxylic acids is 1. The molecular formula is C24H22BrN3O2. The highest BCUT2D eigenvalue weighted by atomic mass is 79.9. The molecule has 0 saturated carbocycles. The number of aryl methyl sites for hydroxylation is 2. The summed E-state index contributed by atoms with van der Waals surface area (Å²) >= 11 is 3.45. The van der Waals surface area contributed by atoms with E-state index in [1.807, 2.05) is 42.1 Å². The van der Waals surface area contributed by atoms with Gasteiger partial charge in [-0.2, -0.15) is 5.10 Å². The maximum atomic E-state index is 12.7. The van der Waals surface area contributed by atoms with Crippen LogP contribution in [0.1, 0.15) is 33.0 Å². The number of halogens is 1. The van der Waals surface area contributed by atoms with Crippen molar-refractivity contribution in [2.24, 2.45) is 0 Å². The van der Waals surface area contributed by atoms with Crippen molar-refractivity contribution in [3.8, 4) is 11.1 Å². The summed E-state index contributed by atoms with van der Waals surface area (Å²) in [6, 6.07) is 18.5. The van der Waals surface area contributed by atoms with Crippen LogP contribution in [0.15, 0.2) is 75.9 Å². The molecule has 6 heteroatoms. The van der Waals surface area contributed by atoms with E-state index in [1.165, 1.54) is 5.56 Å². The van der Waals surface area contributed by atoms with Gasteiger partial charge in [0.15, 0.2) is 0 Å². The van der Waals surface area contributed by atoms with Crippen molar-refractivity contribution in [2.45, 2.75) is 26.9 Å². The predicted octanol–water partition coefficient (Wildman–Crippen LogP) is 5.50. The highest BCUT2D eigenvalue weighted by Crippen LogP contribution is 2.28. The monoisotopic (exact) mass is 463 g/mol. The second kappa shape index (κ2) is 8.71. The fourth-order valence-corrected chi connectivity index (χ4v) is 4.05. The van der Waals surface area contributed by atoms with Crippen LogP contribution in [0, 0.1) is 13.8 Å². The van der Waals surface area contributed by atoms with Crippen LogP contribution in [0.25, 0.3) is 11.1 Å². The molecule has 0 saturated heterocycles. The van der Waals surface area contributed by atoms with Gasteiger partial charge in [-0.3, -0.25) is 9.48 Å². The highest BCUT2D eigenvalue weighted by Gasteiger charge is 2.19. The molecule has 0 aliphatic carbocycles. The Balaban J connectivity index is 1.50. The summed E-state index contributed by atoms with van der Waals surface area (Å²) in [6.45, 7) is 4.80. The molecule has 152 valence electrons. The Morgan fingerprint density at radius 2 is 1.83 bits per heavy atom. The van der Waals surface area contributed by atoms with Crippen LogP contribution in [0.3, 0.4) is 0 Å². The number of hydrogen-bond donors (Lipinski definition) is 1. The summed E-state index contributed by atoms with van der Waals surface area (Å²) in [6.07, 6.45) is 3.73. The molecule has 5 nitrogen and oxygen atoms in total. The topological polar surface area (TPSA) is 60.1 Å². The largest absolute Gasteiger partial charge is 0.465 e. The second-order valence-electron chi connectivity index (χ2n) is 7.14. The standard InChI is InChI=1S/C24H22BrN3O2/c1-16-22(23(25)17(2)30-16)24(29)26-14-20-6-3-4-7-21(20)19-10-8-18(9-11-19)15-28-13-5-12-27-28/h3-13H,14-15H2,1-2H3,(H,26,29). The van der Waals surface area contributed by atoms with Gasteiger partial charge < -0.3 is 9.73 Å². The zero-order valence-corrected chi connectivity index (χ0v) is 18.4. The third-order valence-corrected chi connectivity index (χ3v) is 5.99. The number of furan rings is 1. The lowest BCUT2D eigenvalue weighted by molar-refractivity contribution is 0.0949. The summed E-state index contributed by atoms with van der Waals surface area (Å²) < 4.78 is 8.15. The van der Waals surface area contributed by atoms with Crippen molar-refractivity contribution in [3.63, 3.8) is 0 Å². The minimum absolute atomic E-state index is 0.152. The summed E-state index contributed by atoms with van der Waals surface area (Å²) in [5.74, 6) is 1.16. The number of amides is 1. The molecule has 4 rings (SSSR count). The van der Waals surface area contributed by atoms with Crippen LogP contribution in [-0.2, 0) is 13.1 Å². The van der Waals surface area contributed by atoms with Gasteiger partial charge in [0.25, 0.3) is 5.91 Å². The number of rotatable bonds is 6. The molecular weight excluding hydrogens is 442 g/mol. The minimum atomic E-state index is -0.152. The lowest BCUT2D eigenvalue weighted by Gasteiger charge is -2.12. The molecule has 2 aromatic heterocycles. The number of nitrogens with one attached hydrogen (secondary N) is 1. The fraction of sp³-hybridized carbons (Fsp3) is 0.167. The van der Waals surface area contributed by atoms with E-state index in [1.54, 1.807) is 13.1 Å². The predicted molar refractivity (Wildman–Crippen MR) is 120 cm³/mol. The van der Waals surface area contributed by atoms with Gasteiger partial charge in [-0.1, -0.05) is 48.5 Å². The van der Waals surface area contributed by atoms with Gasteiger partial charge in [-0.15, -0.1) is 0 Å². The van der Waals surface area contributed by atoms with Crippen LogP contribution in [0.2, 0.25) is 0 Å². The normalized spacial score (nSPS) is 10.9. The van der Waals surface area contributed by atoms with Crippen LogP contribution in [0.5, 0.6) is 0 Å². The van der Waals surface area contributed by atoms with E-state index in [2.05, 4.69) is 56.7 Å². The molecule has 0 bridgehead atoms. The molecule has 2 aromatic carbocycles. The Bertz CT molecular complexity index is 1160. The third-order valence-electron chi connectivity index (χ3n) is 5.04. The Hall–Kier alpha value is -3.12. The molecule has 0 radical (unpaired) electrons. The maximum Gasteiger partial charge on any atom is 0.256 e. The van der Waals surface area contributed by atoms with E-state index in [4.69, 9.17) is 4.42 Å². The lowest BCUT2D eigenvalue weighted by Crippen LogP contribution is -2.23. The number of aromatic nitrogens is 2.